The highest BCUT2D eigenvalue weighted by Crippen LogP contribution is 2.44. The number of fused-ring (bicyclic) bond motifs is 3. The van der Waals surface area contributed by atoms with Crippen LogP contribution in [0.1, 0.15) is 50.2 Å². The standard InChI is InChI=1S/C24H28N2O5/c1-3-8-21(23(29)25-15(2)13-22(27)28)26-24(30)31-14-20-18-11-6-4-9-16(18)17-10-5-7-12-19(17)20/h4-7,9-12,15,20-21H,3,8,13-14H2,1-2H3,(H,25,29)(H,26,30)(H,27,28)/t15-,21+/m1/s1. The summed E-state index contributed by atoms with van der Waals surface area (Å²) in [5.41, 5.74) is 4.51. The Morgan fingerprint density at radius 1 is 1.00 bits per heavy atom. The van der Waals surface area contributed by atoms with E-state index in [1.807, 2.05) is 43.3 Å². The number of ether oxygens (including phenoxy) is 1. The summed E-state index contributed by atoms with van der Waals surface area (Å²) in [6, 6.07) is 14.8. The minimum Gasteiger partial charge on any atom is -0.481 e. The molecule has 164 valence electrons. The van der Waals surface area contributed by atoms with Crippen molar-refractivity contribution < 1.29 is 24.2 Å². The molecule has 0 heterocycles. The Morgan fingerprint density at radius 2 is 1.58 bits per heavy atom. The maximum Gasteiger partial charge on any atom is 0.407 e. The van der Waals surface area contributed by atoms with Crippen LogP contribution in [0.4, 0.5) is 4.79 Å². The Balaban J connectivity index is 1.62. The molecule has 0 saturated heterocycles. The van der Waals surface area contributed by atoms with Crippen LogP contribution in [0.15, 0.2) is 48.5 Å². The molecule has 7 nitrogen and oxygen atoms in total. The first kappa shape index (κ1) is 22.3. The zero-order chi connectivity index (χ0) is 22.4. The van der Waals surface area contributed by atoms with E-state index in [4.69, 9.17) is 9.84 Å². The van der Waals surface area contributed by atoms with Crippen molar-refractivity contribution in [1.29, 1.82) is 0 Å². The molecule has 0 aromatic heterocycles. The third-order valence-corrected chi connectivity index (χ3v) is 5.40. The van der Waals surface area contributed by atoms with Crippen molar-refractivity contribution in [3.05, 3.63) is 59.7 Å². The number of carbonyl (C=O) groups is 3. The van der Waals surface area contributed by atoms with Crippen LogP contribution in [0.5, 0.6) is 0 Å². The first-order valence-corrected chi connectivity index (χ1v) is 10.5. The molecule has 2 atom stereocenters. The van der Waals surface area contributed by atoms with Gasteiger partial charge in [-0.25, -0.2) is 4.79 Å². The average Bonchev–Trinajstić information content (AvgIpc) is 3.05. The van der Waals surface area contributed by atoms with Gasteiger partial charge < -0.3 is 20.5 Å². The van der Waals surface area contributed by atoms with Crippen molar-refractivity contribution in [3.8, 4) is 11.1 Å². The normalized spacial score (nSPS) is 14.1. The molecule has 2 amide bonds. The summed E-state index contributed by atoms with van der Waals surface area (Å²) < 4.78 is 5.51. The van der Waals surface area contributed by atoms with Crippen molar-refractivity contribution >= 4 is 18.0 Å². The van der Waals surface area contributed by atoms with Crippen LogP contribution in [0.3, 0.4) is 0 Å². The molecule has 1 aliphatic rings. The molecule has 0 fully saturated rings. The summed E-state index contributed by atoms with van der Waals surface area (Å²) >= 11 is 0. The van der Waals surface area contributed by atoms with E-state index in [1.165, 1.54) is 0 Å². The third kappa shape index (κ3) is 5.42. The number of carboxylic acid groups (broad SMARTS) is 1. The van der Waals surface area contributed by atoms with E-state index in [0.29, 0.717) is 12.8 Å². The lowest BCUT2D eigenvalue weighted by Crippen LogP contribution is -2.49. The highest BCUT2D eigenvalue weighted by molar-refractivity contribution is 5.86. The molecular weight excluding hydrogens is 396 g/mol. The number of amides is 2. The minimum absolute atomic E-state index is 0.0628. The van der Waals surface area contributed by atoms with Crippen LogP contribution in [0, 0.1) is 0 Å². The van der Waals surface area contributed by atoms with Gasteiger partial charge in [0.2, 0.25) is 5.91 Å². The molecule has 0 radical (unpaired) electrons. The molecular formula is C24H28N2O5. The van der Waals surface area contributed by atoms with Gasteiger partial charge in [0.05, 0.1) is 6.42 Å². The van der Waals surface area contributed by atoms with E-state index in [1.54, 1.807) is 6.92 Å². The van der Waals surface area contributed by atoms with Gasteiger partial charge in [-0.2, -0.15) is 0 Å². The second-order valence-corrected chi connectivity index (χ2v) is 7.82. The summed E-state index contributed by atoms with van der Waals surface area (Å²) in [5.74, 6) is -1.47. The third-order valence-electron chi connectivity index (χ3n) is 5.40. The zero-order valence-electron chi connectivity index (χ0n) is 17.8. The number of carbonyl (C=O) groups excluding carboxylic acids is 2. The fourth-order valence-corrected chi connectivity index (χ4v) is 4.00. The maximum atomic E-state index is 12.5. The van der Waals surface area contributed by atoms with Gasteiger partial charge in [-0.3, -0.25) is 9.59 Å². The lowest BCUT2D eigenvalue weighted by molar-refractivity contribution is -0.137. The van der Waals surface area contributed by atoms with Gasteiger partial charge >= 0.3 is 12.1 Å². The molecule has 0 unspecified atom stereocenters. The molecule has 2 aromatic rings. The molecule has 0 aliphatic heterocycles. The Morgan fingerprint density at radius 3 is 2.13 bits per heavy atom. The van der Waals surface area contributed by atoms with Gasteiger partial charge in [0, 0.05) is 12.0 Å². The lowest BCUT2D eigenvalue weighted by atomic mass is 9.98. The largest absolute Gasteiger partial charge is 0.481 e. The van der Waals surface area contributed by atoms with Crippen molar-refractivity contribution in [1.82, 2.24) is 10.6 Å². The average molecular weight is 424 g/mol. The van der Waals surface area contributed by atoms with Crippen molar-refractivity contribution in [3.63, 3.8) is 0 Å². The van der Waals surface area contributed by atoms with Crippen molar-refractivity contribution in [2.45, 2.75) is 51.1 Å². The number of nitrogens with one attached hydrogen (secondary N) is 2. The number of alkyl carbamates (subject to hydrolysis) is 1. The van der Waals surface area contributed by atoms with Crippen LogP contribution in [0.25, 0.3) is 11.1 Å². The van der Waals surface area contributed by atoms with E-state index in [-0.39, 0.29) is 18.9 Å². The topological polar surface area (TPSA) is 105 Å². The Kier molecular flexibility index (Phi) is 7.28. The van der Waals surface area contributed by atoms with Crippen LogP contribution in [-0.4, -0.2) is 41.8 Å². The molecule has 7 heteroatoms. The quantitative estimate of drug-likeness (QED) is 0.570. The number of rotatable bonds is 9. The van der Waals surface area contributed by atoms with Gasteiger partial charge in [-0.1, -0.05) is 61.9 Å². The Bertz CT molecular complexity index is 913. The maximum absolute atomic E-state index is 12.5. The summed E-state index contributed by atoms with van der Waals surface area (Å²) in [6.45, 7) is 3.68. The molecule has 3 rings (SSSR count). The fraction of sp³-hybridized carbons (Fsp3) is 0.375. The predicted octanol–water partition coefficient (Wildman–Crippen LogP) is 3.67. The number of benzene rings is 2. The summed E-state index contributed by atoms with van der Waals surface area (Å²) in [6.07, 6.45) is 0.252. The number of carboxylic acids is 1. The number of hydrogen-bond acceptors (Lipinski definition) is 4. The van der Waals surface area contributed by atoms with E-state index in [0.717, 1.165) is 22.3 Å². The van der Waals surface area contributed by atoms with Crippen molar-refractivity contribution in [2.75, 3.05) is 6.61 Å². The van der Waals surface area contributed by atoms with E-state index < -0.39 is 30.1 Å². The second kappa shape index (κ2) is 10.1. The summed E-state index contributed by atoms with van der Waals surface area (Å²) in [7, 11) is 0. The minimum atomic E-state index is -0.996. The van der Waals surface area contributed by atoms with E-state index >= 15 is 0 Å². The van der Waals surface area contributed by atoms with E-state index in [2.05, 4.69) is 22.8 Å². The predicted molar refractivity (Wildman–Crippen MR) is 117 cm³/mol. The second-order valence-electron chi connectivity index (χ2n) is 7.82. The van der Waals surface area contributed by atoms with Gasteiger partial charge in [0.15, 0.2) is 0 Å². The van der Waals surface area contributed by atoms with Gasteiger partial charge in [-0.05, 0) is 35.6 Å². The van der Waals surface area contributed by atoms with Gasteiger partial charge in [-0.15, -0.1) is 0 Å². The van der Waals surface area contributed by atoms with Crippen LogP contribution in [0.2, 0.25) is 0 Å². The van der Waals surface area contributed by atoms with Gasteiger partial charge in [0.25, 0.3) is 0 Å². The fourth-order valence-electron chi connectivity index (χ4n) is 4.00. The molecule has 2 aromatic carbocycles. The number of aliphatic carboxylic acids is 1. The first-order valence-electron chi connectivity index (χ1n) is 10.5. The number of hydrogen-bond donors (Lipinski definition) is 3. The van der Waals surface area contributed by atoms with Crippen molar-refractivity contribution in [2.24, 2.45) is 0 Å². The lowest BCUT2D eigenvalue weighted by Gasteiger charge is -2.21. The zero-order valence-corrected chi connectivity index (χ0v) is 17.8. The van der Waals surface area contributed by atoms with Gasteiger partial charge in [0.1, 0.15) is 12.6 Å². The van der Waals surface area contributed by atoms with Crippen LogP contribution in [-0.2, 0) is 14.3 Å². The molecule has 0 spiro atoms. The van der Waals surface area contributed by atoms with E-state index in [9.17, 15) is 14.4 Å². The SMILES string of the molecule is CCC[C@H](NC(=O)OCC1c2ccccc2-c2ccccc21)C(=O)N[C@H](C)CC(=O)O. The van der Waals surface area contributed by atoms with Crippen LogP contribution < -0.4 is 10.6 Å². The summed E-state index contributed by atoms with van der Waals surface area (Å²) in [5, 5.41) is 14.1. The molecule has 1 aliphatic carbocycles. The van der Waals surface area contributed by atoms with Crippen LogP contribution >= 0.6 is 0 Å². The summed E-state index contributed by atoms with van der Waals surface area (Å²) in [4.78, 5) is 35.8. The monoisotopic (exact) mass is 424 g/mol. The highest BCUT2D eigenvalue weighted by atomic mass is 16.5. The first-order chi connectivity index (χ1) is 14.9. The molecule has 0 bridgehead atoms. The highest BCUT2D eigenvalue weighted by Gasteiger charge is 2.29. The smallest absolute Gasteiger partial charge is 0.407 e. The molecule has 0 saturated carbocycles. The Hall–Kier alpha value is -3.35. The molecule has 3 N–H and O–H groups in total. The molecule has 31 heavy (non-hydrogen) atoms. The Labute approximate surface area is 181 Å².